The third-order valence-electron chi connectivity index (χ3n) is 9.98. The Morgan fingerprint density at radius 1 is 1.08 bits per heavy atom. The number of aryl methyl sites for hydroxylation is 1. The van der Waals surface area contributed by atoms with E-state index in [2.05, 4.69) is 35.3 Å². The number of allylic oxidation sites excluding steroid dienone is 1. The summed E-state index contributed by atoms with van der Waals surface area (Å²) >= 11 is 0. The van der Waals surface area contributed by atoms with Crippen LogP contribution in [0.25, 0.3) is 11.0 Å². The molecule has 52 heavy (non-hydrogen) atoms. The molecule has 5 atom stereocenters. The quantitative estimate of drug-likeness (QED) is 0.300. The molecule has 0 radical (unpaired) electrons. The van der Waals surface area contributed by atoms with Gasteiger partial charge in [-0.1, -0.05) is 25.0 Å². The van der Waals surface area contributed by atoms with E-state index in [4.69, 9.17) is 4.74 Å². The maximum absolute atomic E-state index is 14.4. The van der Waals surface area contributed by atoms with E-state index < -0.39 is 74.4 Å². The van der Waals surface area contributed by atoms with Crippen LogP contribution in [0.2, 0.25) is 0 Å². The largest absolute Gasteiger partial charge is 0.471 e. The minimum atomic E-state index is -3.91. The summed E-state index contributed by atoms with van der Waals surface area (Å²) in [6.07, 6.45) is 11.1. The number of hydrogen-bond acceptors (Lipinski definition) is 11. The molecule has 2 aromatic heterocycles. The van der Waals surface area contributed by atoms with Gasteiger partial charge < -0.3 is 20.3 Å². The van der Waals surface area contributed by atoms with Gasteiger partial charge in [-0.3, -0.25) is 28.9 Å². The zero-order valence-corrected chi connectivity index (χ0v) is 29.3. The number of ether oxygens (including phenoxy) is 1. The first-order valence-corrected chi connectivity index (χ1v) is 19.0. The molecule has 15 nitrogen and oxygen atoms in total. The number of sulfonamides is 1. The first-order chi connectivity index (χ1) is 24.9. The van der Waals surface area contributed by atoms with Crippen molar-refractivity contribution in [2.45, 2.75) is 93.7 Å². The Morgan fingerprint density at radius 3 is 2.67 bits per heavy atom. The van der Waals surface area contributed by atoms with Gasteiger partial charge in [0, 0.05) is 30.8 Å². The molecule has 4 amide bonds. The number of nitrogens with zero attached hydrogens (tertiary/aromatic N) is 5. The van der Waals surface area contributed by atoms with Crippen molar-refractivity contribution in [2.75, 3.05) is 6.54 Å². The van der Waals surface area contributed by atoms with Crippen molar-refractivity contribution in [1.29, 1.82) is 0 Å². The molecule has 3 N–H and O–H groups in total. The van der Waals surface area contributed by atoms with Crippen molar-refractivity contribution in [2.24, 2.45) is 5.92 Å². The molecule has 2 aliphatic heterocycles. The van der Waals surface area contributed by atoms with Gasteiger partial charge in [-0.05, 0) is 57.6 Å². The van der Waals surface area contributed by atoms with E-state index >= 15 is 0 Å². The van der Waals surface area contributed by atoms with E-state index in [0.717, 1.165) is 12.8 Å². The summed E-state index contributed by atoms with van der Waals surface area (Å²) in [4.78, 5) is 73.8. The molecule has 2 aliphatic carbocycles. The molecule has 1 aromatic carbocycles. The second-order valence-electron chi connectivity index (χ2n) is 13.9. The van der Waals surface area contributed by atoms with Gasteiger partial charge in [0.1, 0.15) is 40.9 Å². The molecule has 1 saturated heterocycles. The average molecular weight is 735 g/mol. The van der Waals surface area contributed by atoms with Gasteiger partial charge in [0.05, 0.1) is 29.0 Å². The summed E-state index contributed by atoms with van der Waals surface area (Å²) in [5.41, 5.74) is -0.386. The van der Waals surface area contributed by atoms with Gasteiger partial charge in [-0.25, -0.2) is 27.8 Å². The van der Waals surface area contributed by atoms with Crippen LogP contribution in [0.5, 0.6) is 5.88 Å². The van der Waals surface area contributed by atoms with E-state index in [9.17, 15) is 32.0 Å². The smallest absolute Gasteiger partial charge is 0.272 e. The summed E-state index contributed by atoms with van der Waals surface area (Å²) in [5.74, 6) is -3.50. The zero-order chi connectivity index (χ0) is 36.6. The van der Waals surface area contributed by atoms with Crippen LogP contribution in [0.4, 0.5) is 4.39 Å². The molecule has 274 valence electrons. The number of carbonyl (C=O) groups is 4. The Kier molecular flexibility index (Phi) is 9.63. The SMILES string of the molecule is Cc1nc2ccc(F)cc2nc1OC1CC2C(=O)NC3(C(=O)NS(=O)(=O)C4CC4)CC3/C=C\CCCCCC(NC(=O)c3cnccn3)C(=O)N2C1. The Bertz CT molecular complexity index is 2050. The molecule has 2 saturated carbocycles. The number of fused-ring (bicyclic) bond motifs is 3. The lowest BCUT2D eigenvalue weighted by Crippen LogP contribution is -2.58. The molecular weight excluding hydrogens is 695 g/mol. The number of aromatic nitrogens is 4. The predicted molar refractivity (Wildman–Crippen MR) is 183 cm³/mol. The van der Waals surface area contributed by atoms with E-state index in [-0.39, 0.29) is 42.9 Å². The highest BCUT2D eigenvalue weighted by molar-refractivity contribution is 7.91. The van der Waals surface area contributed by atoms with Crippen molar-refractivity contribution >= 4 is 44.7 Å². The van der Waals surface area contributed by atoms with Crippen LogP contribution in [0.3, 0.4) is 0 Å². The Balaban J connectivity index is 1.19. The van der Waals surface area contributed by atoms with Crippen LogP contribution in [0, 0.1) is 18.7 Å². The number of nitrogens with one attached hydrogen (secondary N) is 3. The molecular formula is C35H39FN8O7S. The van der Waals surface area contributed by atoms with Gasteiger partial charge in [-0.15, -0.1) is 0 Å². The molecule has 4 heterocycles. The molecule has 17 heteroatoms. The van der Waals surface area contributed by atoms with Crippen molar-refractivity contribution in [3.8, 4) is 5.88 Å². The summed E-state index contributed by atoms with van der Waals surface area (Å²) in [6.45, 7) is 1.59. The van der Waals surface area contributed by atoms with Crippen LogP contribution >= 0.6 is 0 Å². The minimum absolute atomic E-state index is 0.0175. The minimum Gasteiger partial charge on any atom is -0.471 e. The first kappa shape index (κ1) is 35.3. The molecule has 5 unspecified atom stereocenters. The Hall–Kier alpha value is -5.06. The van der Waals surface area contributed by atoms with Gasteiger partial charge >= 0.3 is 0 Å². The van der Waals surface area contributed by atoms with E-state index in [0.29, 0.717) is 36.9 Å². The van der Waals surface area contributed by atoms with Crippen molar-refractivity contribution in [3.63, 3.8) is 0 Å². The van der Waals surface area contributed by atoms with Crippen molar-refractivity contribution < 1.29 is 36.7 Å². The lowest BCUT2D eigenvalue weighted by Gasteiger charge is -2.29. The Labute approximate surface area is 299 Å². The lowest BCUT2D eigenvalue weighted by molar-refractivity contribution is -0.141. The lowest BCUT2D eigenvalue weighted by atomic mass is 10.0. The molecule has 0 spiro atoms. The maximum Gasteiger partial charge on any atom is 0.272 e. The van der Waals surface area contributed by atoms with E-state index in [1.165, 1.54) is 41.7 Å². The van der Waals surface area contributed by atoms with Crippen molar-refractivity contribution in [1.82, 2.24) is 40.2 Å². The highest BCUT2D eigenvalue weighted by atomic mass is 32.2. The first-order valence-electron chi connectivity index (χ1n) is 17.5. The number of rotatable bonds is 7. The number of amides is 4. The van der Waals surface area contributed by atoms with E-state index in [1.807, 2.05) is 12.2 Å². The summed E-state index contributed by atoms with van der Waals surface area (Å²) < 4.78 is 48.0. The monoisotopic (exact) mass is 734 g/mol. The van der Waals surface area contributed by atoms with Crippen LogP contribution < -0.4 is 20.1 Å². The molecule has 7 rings (SSSR count). The third kappa shape index (κ3) is 7.45. The van der Waals surface area contributed by atoms with Crippen LogP contribution in [-0.4, -0.2) is 92.4 Å². The van der Waals surface area contributed by atoms with Crippen molar-refractivity contribution in [3.05, 3.63) is 66.1 Å². The fourth-order valence-corrected chi connectivity index (χ4v) is 8.23. The maximum atomic E-state index is 14.4. The number of carbonyl (C=O) groups excluding carboxylic acids is 4. The van der Waals surface area contributed by atoms with Gasteiger partial charge in [-0.2, -0.15) is 0 Å². The van der Waals surface area contributed by atoms with Gasteiger partial charge in [0.25, 0.3) is 11.8 Å². The second kappa shape index (κ2) is 14.2. The fourth-order valence-electron chi connectivity index (χ4n) is 6.86. The summed E-state index contributed by atoms with van der Waals surface area (Å²) in [6, 6.07) is 1.80. The third-order valence-corrected chi connectivity index (χ3v) is 11.8. The second-order valence-corrected chi connectivity index (χ2v) is 15.8. The molecule has 3 aromatic rings. The predicted octanol–water partition coefficient (Wildman–Crippen LogP) is 2.02. The zero-order valence-electron chi connectivity index (χ0n) is 28.5. The number of benzene rings is 1. The van der Waals surface area contributed by atoms with Crippen LogP contribution in [0.1, 0.15) is 74.0 Å². The van der Waals surface area contributed by atoms with E-state index in [1.54, 1.807) is 6.92 Å². The average Bonchev–Trinajstić information content (AvgIpc) is 4.04. The highest BCUT2D eigenvalue weighted by Gasteiger charge is 2.62. The molecule has 0 bridgehead atoms. The Morgan fingerprint density at radius 2 is 1.90 bits per heavy atom. The normalized spacial score (nSPS) is 27.3. The van der Waals surface area contributed by atoms with Gasteiger partial charge in [0.15, 0.2) is 0 Å². The summed E-state index contributed by atoms with van der Waals surface area (Å²) in [7, 11) is -3.91. The number of halogens is 1. The van der Waals surface area contributed by atoms with Gasteiger partial charge in [0.2, 0.25) is 27.7 Å². The topological polar surface area (TPSA) is 203 Å². The fraction of sp³-hybridized carbons (Fsp3) is 0.486. The van der Waals surface area contributed by atoms with Crippen LogP contribution in [0.15, 0.2) is 48.9 Å². The standard InChI is InChI=1S/C35H39FN8O7S/c1-20-32(41-27-15-22(36)9-12-25(27)39-20)51-23-16-29-31(46)42-35(34(48)43-52(49,50)24-10-11-24)17-21(35)7-5-3-2-4-6-8-26(33(47)44(29)19-23)40-30(45)28-18-37-13-14-38-28/h5,7,9,12-15,18,21,23-24,26,29H,2-4,6,8,10-11,16-17,19H2,1H3,(H,40,45)(H,42,46)(H,43,48)/b7-5-. The molecule has 3 fully saturated rings. The molecule has 4 aliphatic rings. The number of hydrogen-bond donors (Lipinski definition) is 3. The summed E-state index contributed by atoms with van der Waals surface area (Å²) in [5, 5.41) is 4.96. The highest BCUT2D eigenvalue weighted by Crippen LogP contribution is 2.46. The van der Waals surface area contributed by atoms with Crippen LogP contribution in [-0.2, 0) is 24.4 Å².